The lowest BCUT2D eigenvalue weighted by Gasteiger charge is -2.10. The monoisotopic (exact) mass is 309 g/mol. The molecule has 0 atom stereocenters. The minimum atomic E-state index is -3.81. The molecule has 0 unspecified atom stereocenters. The fourth-order valence-electron chi connectivity index (χ4n) is 1.21. The van der Waals surface area contributed by atoms with Crippen molar-refractivity contribution in [3.05, 3.63) is 18.5 Å². The topological polar surface area (TPSA) is 143 Å². The molecule has 0 aliphatic carbocycles. The second-order valence-electron chi connectivity index (χ2n) is 3.58. The van der Waals surface area contributed by atoms with Crippen LogP contribution in [0.3, 0.4) is 0 Å². The Morgan fingerprint density at radius 2 is 1.84 bits per heavy atom. The van der Waals surface area contributed by atoms with Gasteiger partial charge in [-0.15, -0.1) is 0 Å². The number of anilines is 1. The molecular formula is C8H15N5O4S2. The first kappa shape index (κ1) is 15.8. The zero-order valence-electron chi connectivity index (χ0n) is 10.1. The minimum absolute atomic E-state index is 0.0519. The van der Waals surface area contributed by atoms with Crippen molar-refractivity contribution in [2.75, 3.05) is 24.8 Å². The Bertz CT molecular complexity index is 628. The van der Waals surface area contributed by atoms with Crippen LogP contribution in [0.1, 0.15) is 0 Å². The fraction of sp³-hybridized carbons (Fsp3) is 0.375. The third-order valence-corrected chi connectivity index (χ3v) is 4.23. The van der Waals surface area contributed by atoms with Gasteiger partial charge in [-0.2, -0.15) is 0 Å². The number of nitrogens with one attached hydrogen (secondary N) is 3. The molecule has 9 nitrogen and oxygen atoms in total. The highest BCUT2D eigenvalue weighted by Gasteiger charge is 2.17. The first-order valence-corrected chi connectivity index (χ1v) is 8.48. The Hall–Kier alpha value is -1.27. The maximum atomic E-state index is 11.9. The van der Waals surface area contributed by atoms with E-state index in [4.69, 9.17) is 5.84 Å². The molecule has 1 heterocycles. The predicted octanol–water partition coefficient (Wildman–Crippen LogP) is -1.81. The number of aromatic nitrogens is 1. The number of sulfonamides is 2. The lowest BCUT2D eigenvalue weighted by atomic mass is 10.4. The van der Waals surface area contributed by atoms with E-state index in [-0.39, 0.29) is 23.7 Å². The van der Waals surface area contributed by atoms with Gasteiger partial charge < -0.3 is 5.43 Å². The number of hydrogen-bond acceptors (Lipinski definition) is 7. The summed E-state index contributed by atoms with van der Waals surface area (Å²) in [6.07, 6.45) is 3.51. The van der Waals surface area contributed by atoms with E-state index in [1.165, 1.54) is 12.3 Å². The summed E-state index contributed by atoms with van der Waals surface area (Å²) in [7, 11) is -7.16. The highest BCUT2D eigenvalue weighted by atomic mass is 32.2. The van der Waals surface area contributed by atoms with Gasteiger partial charge in [0.2, 0.25) is 20.0 Å². The molecule has 0 aliphatic heterocycles. The number of hydrogen-bond donors (Lipinski definition) is 4. The smallest absolute Gasteiger partial charge is 0.244 e. The maximum absolute atomic E-state index is 11.9. The second-order valence-corrected chi connectivity index (χ2v) is 7.15. The van der Waals surface area contributed by atoms with Crippen LogP contribution >= 0.6 is 0 Å². The van der Waals surface area contributed by atoms with Crippen LogP contribution in [-0.4, -0.2) is 41.2 Å². The van der Waals surface area contributed by atoms with Crippen molar-refractivity contribution in [1.82, 2.24) is 14.4 Å². The number of hydrazine groups is 1. The molecule has 0 spiro atoms. The van der Waals surface area contributed by atoms with Crippen molar-refractivity contribution in [3.63, 3.8) is 0 Å². The molecule has 0 saturated heterocycles. The van der Waals surface area contributed by atoms with Gasteiger partial charge in [0.25, 0.3) is 0 Å². The molecule has 1 aromatic heterocycles. The summed E-state index contributed by atoms with van der Waals surface area (Å²) >= 11 is 0. The SMILES string of the molecule is CS(=O)(=O)NCCNS(=O)(=O)c1cnccc1NN. The van der Waals surface area contributed by atoms with Crippen LogP contribution in [0.4, 0.5) is 5.69 Å². The second kappa shape index (κ2) is 6.25. The van der Waals surface area contributed by atoms with Crippen molar-refractivity contribution in [1.29, 1.82) is 0 Å². The van der Waals surface area contributed by atoms with Crippen LogP contribution in [0.5, 0.6) is 0 Å². The van der Waals surface area contributed by atoms with Gasteiger partial charge in [0, 0.05) is 25.5 Å². The number of rotatable bonds is 7. The molecule has 1 aromatic rings. The van der Waals surface area contributed by atoms with Crippen molar-refractivity contribution in [2.24, 2.45) is 5.84 Å². The Balaban J connectivity index is 2.71. The van der Waals surface area contributed by atoms with Gasteiger partial charge in [-0.3, -0.25) is 10.8 Å². The Morgan fingerprint density at radius 3 is 2.42 bits per heavy atom. The largest absolute Gasteiger partial charge is 0.323 e. The molecule has 0 radical (unpaired) electrons. The lowest BCUT2D eigenvalue weighted by molar-refractivity contribution is 0.573. The van der Waals surface area contributed by atoms with Crippen molar-refractivity contribution < 1.29 is 16.8 Å². The minimum Gasteiger partial charge on any atom is -0.323 e. The van der Waals surface area contributed by atoms with Crippen LogP contribution in [0.2, 0.25) is 0 Å². The molecule has 11 heteroatoms. The normalized spacial score (nSPS) is 12.3. The van der Waals surface area contributed by atoms with Crippen LogP contribution < -0.4 is 20.7 Å². The van der Waals surface area contributed by atoms with E-state index in [9.17, 15) is 16.8 Å². The van der Waals surface area contributed by atoms with E-state index in [1.807, 2.05) is 0 Å². The van der Waals surface area contributed by atoms with Gasteiger partial charge in [0.15, 0.2) is 0 Å². The summed E-state index contributed by atoms with van der Waals surface area (Å²) < 4.78 is 49.8. The van der Waals surface area contributed by atoms with Crippen LogP contribution in [0.15, 0.2) is 23.4 Å². The molecule has 108 valence electrons. The number of nitrogen functional groups attached to an aromatic ring is 1. The average molecular weight is 309 g/mol. The van der Waals surface area contributed by atoms with E-state index < -0.39 is 20.0 Å². The van der Waals surface area contributed by atoms with E-state index in [1.54, 1.807) is 0 Å². The summed E-state index contributed by atoms with van der Waals surface area (Å²) in [5.74, 6) is 5.20. The van der Waals surface area contributed by atoms with Gasteiger partial charge in [-0.05, 0) is 6.07 Å². The van der Waals surface area contributed by atoms with Crippen LogP contribution in [0, 0.1) is 0 Å². The van der Waals surface area contributed by atoms with Gasteiger partial charge in [-0.1, -0.05) is 0 Å². The average Bonchev–Trinajstić information content (AvgIpc) is 2.33. The quantitative estimate of drug-likeness (QED) is 0.264. The van der Waals surface area contributed by atoms with E-state index in [0.29, 0.717) is 0 Å². The maximum Gasteiger partial charge on any atom is 0.244 e. The lowest BCUT2D eigenvalue weighted by Crippen LogP contribution is -2.34. The molecular weight excluding hydrogens is 294 g/mol. The van der Waals surface area contributed by atoms with Crippen molar-refractivity contribution >= 4 is 25.7 Å². The summed E-state index contributed by atoms with van der Waals surface area (Å²) in [5, 5.41) is 0. The van der Waals surface area contributed by atoms with Crippen LogP contribution in [0.25, 0.3) is 0 Å². The highest BCUT2D eigenvalue weighted by molar-refractivity contribution is 7.89. The van der Waals surface area contributed by atoms with Crippen molar-refractivity contribution in [3.8, 4) is 0 Å². The third kappa shape index (κ3) is 5.08. The molecule has 0 bridgehead atoms. The molecule has 5 N–H and O–H groups in total. The van der Waals surface area contributed by atoms with Gasteiger partial charge >= 0.3 is 0 Å². The summed E-state index contributed by atoms with van der Waals surface area (Å²) in [6, 6.07) is 1.41. The summed E-state index contributed by atoms with van der Waals surface area (Å²) in [6.45, 7) is -0.141. The fourth-order valence-corrected chi connectivity index (χ4v) is 2.83. The van der Waals surface area contributed by atoms with Gasteiger partial charge in [0.05, 0.1) is 11.9 Å². The van der Waals surface area contributed by atoms with Crippen LogP contribution in [-0.2, 0) is 20.0 Å². The predicted molar refractivity (Wildman–Crippen MR) is 70.1 cm³/mol. The number of pyridine rings is 1. The third-order valence-electron chi connectivity index (χ3n) is 2.01. The highest BCUT2D eigenvalue weighted by Crippen LogP contribution is 2.17. The van der Waals surface area contributed by atoms with Gasteiger partial charge in [-0.25, -0.2) is 26.3 Å². The molecule has 0 saturated carbocycles. The standard InChI is InChI=1S/C8H15N5O4S2/c1-18(14,15)11-4-5-12-19(16,17)8-6-10-3-2-7(8)13-9/h2-3,6,11-12H,4-5,9H2,1H3,(H,10,13). The molecule has 0 amide bonds. The molecule has 0 aromatic carbocycles. The van der Waals surface area contributed by atoms with Crippen molar-refractivity contribution in [2.45, 2.75) is 4.90 Å². The molecule has 1 rings (SSSR count). The zero-order chi connectivity index (χ0) is 14.5. The molecule has 19 heavy (non-hydrogen) atoms. The molecule has 0 aliphatic rings. The van der Waals surface area contributed by atoms with E-state index in [0.717, 1.165) is 12.5 Å². The van der Waals surface area contributed by atoms with E-state index in [2.05, 4.69) is 19.9 Å². The molecule has 0 fully saturated rings. The summed E-state index contributed by atoms with van der Waals surface area (Å²) in [4.78, 5) is 3.59. The zero-order valence-corrected chi connectivity index (χ0v) is 11.8. The summed E-state index contributed by atoms with van der Waals surface area (Å²) in [5.41, 5.74) is 2.44. The Morgan fingerprint density at radius 1 is 1.21 bits per heavy atom. The first-order valence-electron chi connectivity index (χ1n) is 5.11. The van der Waals surface area contributed by atoms with E-state index >= 15 is 0 Å². The Labute approximate surface area is 111 Å². The first-order chi connectivity index (χ1) is 8.76. The number of nitrogens with zero attached hydrogens (tertiary/aromatic N) is 1. The number of nitrogens with two attached hydrogens (primary N) is 1. The van der Waals surface area contributed by atoms with Gasteiger partial charge in [0.1, 0.15) is 4.90 Å². The Kier molecular flexibility index (Phi) is 5.20.